The van der Waals surface area contributed by atoms with Gasteiger partial charge in [-0.25, -0.2) is 0 Å². The molecule has 0 bridgehead atoms. The van der Waals surface area contributed by atoms with Crippen molar-refractivity contribution in [3.63, 3.8) is 0 Å². The van der Waals surface area contributed by atoms with Crippen molar-refractivity contribution in [3.8, 4) is 0 Å². The third-order valence-corrected chi connectivity index (χ3v) is 6.75. The molecule has 0 N–H and O–H groups in total. The summed E-state index contributed by atoms with van der Waals surface area (Å²) < 4.78 is 71.5. The van der Waals surface area contributed by atoms with Crippen LogP contribution in [0.15, 0.2) is 0 Å². The van der Waals surface area contributed by atoms with Crippen LogP contribution < -0.4 is 0 Å². The highest BCUT2D eigenvalue weighted by molar-refractivity contribution is 4.42. The van der Waals surface area contributed by atoms with E-state index in [1.807, 2.05) is 0 Å². The standard InChI is InChI=1S/C36H74O13/c1-3-5-7-9-11-37-13-15-39-17-19-41-21-23-43-25-27-45-29-31-47-33-35-49-36-34-48-32-30-46-28-26-44-24-22-42-20-18-40-16-14-38-12-10-8-6-4-2/h3-36H2,1-2H3. The smallest absolute Gasteiger partial charge is 0.0701 e. The molecule has 0 radical (unpaired) electrons. The van der Waals surface area contributed by atoms with Gasteiger partial charge in [-0.3, -0.25) is 0 Å². The minimum Gasteiger partial charge on any atom is -0.379 e. The quantitative estimate of drug-likeness (QED) is 0.0832. The number of rotatable bonds is 46. The Bertz CT molecular complexity index is 517. The molecule has 0 unspecified atom stereocenters. The minimum absolute atomic E-state index is 0.517. The first kappa shape index (κ1) is 48.5. The van der Waals surface area contributed by atoms with Crippen LogP contribution in [-0.4, -0.2) is 172 Å². The van der Waals surface area contributed by atoms with Gasteiger partial charge in [-0.05, 0) is 12.8 Å². The third-order valence-electron chi connectivity index (χ3n) is 6.75. The minimum atomic E-state index is 0.517. The zero-order valence-corrected chi connectivity index (χ0v) is 31.3. The SMILES string of the molecule is CCCCCCOCCOCCOCCOCCOCCOCCOCCOCCOCCOCCOCCOCCOCCCCCC. The monoisotopic (exact) mass is 715 g/mol. The Labute approximate surface area is 298 Å². The van der Waals surface area contributed by atoms with Gasteiger partial charge in [0.15, 0.2) is 0 Å². The van der Waals surface area contributed by atoms with E-state index in [4.69, 9.17) is 61.6 Å². The van der Waals surface area contributed by atoms with Gasteiger partial charge >= 0.3 is 0 Å². The molecule has 13 nitrogen and oxygen atoms in total. The van der Waals surface area contributed by atoms with Crippen molar-refractivity contribution in [2.45, 2.75) is 65.2 Å². The summed E-state index contributed by atoms with van der Waals surface area (Å²) in [4.78, 5) is 0. The Kier molecular flexibility index (Phi) is 47.0. The highest BCUT2D eigenvalue weighted by atomic mass is 16.6. The molecule has 0 aliphatic rings. The average molecular weight is 715 g/mol. The molecule has 13 heteroatoms. The fourth-order valence-corrected chi connectivity index (χ4v) is 4.00. The third kappa shape index (κ3) is 47.5. The number of hydrogen-bond donors (Lipinski definition) is 0. The molecule has 0 atom stereocenters. The van der Waals surface area contributed by atoms with Gasteiger partial charge < -0.3 is 61.6 Å². The summed E-state index contributed by atoms with van der Waals surface area (Å²) in [6, 6.07) is 0. The first-order valence-corrected chi connectivity index (χ1v) is 18.9. The number of hydrogen-bond acceptors (Lipinski definition) is 13. The summed E-state index contributed by atoms with van der Waals surface area (Å²) in [5.74, 6) is 0. The summed E-state index contributed by atoms with van der Waals surface area (Å²) in [6.45, 7) is 19.2. The van der Waals surface area contributed by atoms with Crippen molar-refractivity contribution in [1.82, 2.24) is 0 Å². The van der Waals surface area contributed by atoms with Gasteiger partial charge in [-0.1, -0.05) is 52.4 Å². The van der Waals surface area contributed by atoms with Crippen molar-refractivity contribution in [3.05, 3.63) is 0 Å². The second-order valence-electron chi connectivity index (χ2n) is 11.1. The first-order chi connectivity index (χ1) is 24.4. The summed E-state index contributed by atoms with van der Waals surface area (Å²) in [7, 11) is 0. The molecule has 0 saturated carbocycles. The molecule has 0 saturated heterocycles. The molecule has 0 spiro atoms. The second-order valence-corrected chi connectivity index (χ2v) is 11.1. The molecule has 0 aromatic heterocycles. The lowest BCUT2D eigenvalue weighted by Crippen LogP contribution is -2.15. The van der Waals surface area contributed by atoms with Gasteiger partial charge in [0.1, 0.15) is 0 Å². The molecule has 0 aromatic rings. The molecule has 49 heavy (non-hydrogen) atoms. The van der Waals surface area contributed by atoms with Crippen LogP contribution in [0.3, 0.4) is 0 Å². The maximum atomic E-state index is 5.53. The largest absolute Gasteiger partial charge is 0.379 e. The fraction of sp³-hybridized carbons (Fsp3) is 1.00. The number of ether oxygens (including phenoxy) is 13. The van der Waals surface area contributed by atoms with E-state index in [1.165, 1.54) is 38.5 Å². The van der Waals surface area contributed by atoms with Gasteiger partial charge in [0.2, 0.25) is 0 Å². The maximum Gasteiger partial charge on any atom is 0.0701 e. The van der Waals surface area contributed by atoms with Crippen LogP contribution in [0, 0.1) is 0 Å². The van der Waals surface area contributed by atoms with Gasteiger partial charge in [0, 0.05) is 13.2 Å². The topological polar surface area (TPSA) is 120 Å². The molecule has 0 rings (SSSR count). The molecule has 0 aliphatic carbocycles. The molecule has 0 amide bonds. The van der Waals surface area contributed by atoms with Crippen LogP contribution in [0.5, 0.6) is 0 Å². The molecule has 0 aliphatic heterocycles. The van der Waals surface area contributed by atoms with Crippen LogP contribution in [0.1, 0.15) is 65.2 Å². The van der Waals surface area contributed by atoms with E-state index in [1.54, 1.807) is 0 Å². The molecule has 0 fully saturated rings. The van der Waals surface area contributed by atoms with E-state index in [0.29, 0.717) is 159 Å². The molecule has 0 aromatic carbocycles. The second kappa shape index (κ2) is 47.5. The van der Waals surface area contributed by atoms with E-state index in [-0.39, 0.29) is 0 Å². The predicted molar refractivity (Wildman–Crippen MR) is 189 cm³/mol. The highest BCUT2D eigenvalue weighted by Gasteiger charge is 1.97. The van der Waals surface area contributed by atoms with Crippen LogP contribution >= 0.6 is 0 Å². The van der Waals surface area contributed by atoms with Crippen LogP contribution in [0.4, 0.5) is 0 Å². The summed E-state index contributed by atoms with van der Waals surface area (Å²) in [5, 5.41) is 0. The van der Waals surface area contributed by atoms with Crippen molar-refractivity contribution in [2.24, 2.45) is 0 Å². The van der Waals surface area contributed by atoms with Gasteiger partial charge in [-0.2, -0.15) is 0 Å². The van der Waals surface area contributed by atoms with Crippen LogP contribution in [-0.2, 0) is 61.6 Å². The maximum absolute atomic E-state index is 5.53. The van der Waals surface area contributed by atoms with E-state index in [2.05, 4.69) is 13.8 Å². The van der Waals surface area contributed by atoms with Crippen LogP contribution in [0.2, 0.25) is 0 Å². The van der Waals surface area contributed by atoms with Crippen molar-refractivity contribution in [1.29, 1.82) is 0 Å². The summed E-state index contributed by atoms with van der Waals surface area (Å²) >= 11 is 0. The molecule has 0 heterocycles. The lowest BCUT2D eigenvalue weighted by molar-refractivity contribution is -0.0290. The highest BCUT2D eigenvalue weighted by Crippen LogP contribution is 1.99. The Morgan fingerprint density at radius 2 is 0.306 bits per heavy atom. The van der Waals surface area contributed by atoms with Gasteiger partial charge in [0.05, 0.1) is 159 Å². The zero-order valence-electron chi connectivity index (χ0n) is 31.3. The van der Waals surface area contributed by atoms with Gasteiger partial charge in [0.25, 0.3) is 0 Å². The summed E-state index contributed by atoms with van der Waals surface area (Å²) in [6.07, 6.45) is 9.80. The Hall–Kier alpha value is -0.520. The predicted octanol–water partition coefficient (Wildman–Crippen LogP) is 4.36. The zero-order chi connectivity index (χ0) is 35.2. The van der Waals surface area contributed by atoms with E-state index < -0.39 is 0 Å². The fourth-order valence-electron chi connectivity index (χ4n) is 4.00. The van der Waals surface area contributed by atoms with Crippen molar-refractivity contribution in [2.75, 3.05) is 172 Å². The van der Waals surface area contributed by atoms with Crippen molar-refractivity contribution >= 4 is 0 Å². The Balaban J connectivity index is 3.04. The Morgan fingerprint density at radius 1 is 0.163 bits per heavy atom. The lowest BCUT2D eigenvalue weighted by Gasteiger charge is -2.09. The van der Waals surface area contributed by atoms with E-state index in [9.17, 15) is 0 Å². The van der Waals surface area contributed by atoms with E-state index in [0.717, 1.165) is 26.1 Å². The normalized spacial score (nSPS) is 11.6. The number of unbranched alkanes of at least 4 members (excludes halogenated alkanes) is 6. The molecular formula is C36H74O13. The van der Waals surface area contributed by atoms with Gasteiger partial charge in [-0.15, -0.1) is 0 Å². The van der Waals surface area contributed by atoms with E-state index >= 15 is 0 Å². The van der Waals surface area contributed by atoms with Crippen molar-refractivity contribution < 1.29 is 61.6 Å². The summed E-state index contributed by atoms with van der Waals surface area (Å²) in [5.41, 5.74) is 0. The average Bonchev–Trinajstić information content (AvgIpc) is 3.11. The Morgan fingerprint density at radius 3 is 0.449 bits per heavy atom. The van der Waals surface area contributed by atoms with Crippen LogP contribution in [0.25, 0.3) is 0 Å². The molecular weight excluding hydrogens is 640 g/mol. The molecule has 296 valence electrons. The lowest BCUT2D eigenvalue weighted by atomic mass is 10.2. The first-order valence-electron chi connectivity index (χ1n) is 18.9.